The lowest BCUT2D eigenvalue weighted by atomic mass is 10.0. The van der Waals surface area contributed by atoms with Gasteiger partial charge >= 0.3 is 0 Å². The zero-order chi connectivity index (χ0) is 19.4. The molecule has 1 N–H and O–H groups in total. The Morgan fingerprint density at radius 1 is 1.07 bits per heavy atom. The molecule has 1 aliphatic rings. The molecule has 7 heteroatoms. The Hall–Kier alpha value is -2.96. The second-order valence-electron chi connectivity index (χ2n) is 6.93. The number of nitrogens with one attached hydrogen (secondary N) is 1. The van der Waals surface area contributed by atoms with Crippen LogP contribution in [0.25, 0.3) is 0 Å². The van der Waals surface area contributed by atoms with Gasteiger partial charge in [-0.25, -0.2) is 9.97 Å². The van der Waals surface area contributed by atoms with Crippen LogP contribution in [0, 0.1) is 0 Å². The van der Waals surface area contributed by atoms with Crippen LogP contribution in [0.3, 0.4) is 0 Å². The molecule has 0 spiro atoms. The van der Waals surface area contributed by atoms with Crippen LogP contribution in [0.2, 0.25) is 0 Å². The average molecular weight is 367 g/mol. The van der Waals surface area contributed by atoms with E-state index in [1.54, 1.807) is 24.1 Å². The first kappa shape index (κ1) is 18.8. The van der Waals surface area contributed by atoms with Gasteiger partial charge in [-0.05, 0) is 23.6 Å². The Balaban J connectivity index is 1.72. The zero-order valence-electron chi connectivity index (χ0n) is 16.0. The first-order chi connectivity index (χ1) is 13.0. The van der Waals surface area contributed by atoms with Crippen LogP contribution < -0.4 is 10.2 Å². The number of carbonyl (C=O) groups is 2. The molecule has 0 atom stereocenters. The number of benzene rings is 1. The van der Waals surface area contributed by atoms with Gasteiger partial charge in [0.05, 0.1) is 0 Å². The third-order valence-electron chi connectivity index (χ3n) is 4.71. The van der Waals surface area contributed by atoms with Gasteiger partial charge in [0.2, 0.25) is 11.9 Å². The molecule has 1 aromatic heterocycles. The fourth-order valence-corrected chi connectivity index (χ4v) is 3.15. The molecular formula is C20H25N5O2. The highest BCUT2D eigenvalue weighted by Crippen LogP contribution is 2.24. The van der Waals surface area contributed by atoms with Gasteiger partial charge in [-0.3, -0.25) is 9.59 Å². The Labute approximate surface area is 159 Å². The van der Waals surface area contributed by atoms with Crippen LogP contribution in [-0.4, -0.2) is 52.9 Å². The molecule has 27 heavy (non-hydrogen) atoms. The molecule has 1 saturated heterocycles. The van der Waals surface area contributed by atoms with Gasteiger partial charge in [0.15, 0.2) is 0 Å². The first-order valence-electron chi connectivity index (χ1n) is 9.19. The number of carbonyl (C=O) groups excluding carboxylic acids is 2. The molecule has 3 rings (SSSR count). The number of piperazine rings is 1. The number of rotatable bonds is 4. The predicted molar refractivity (Wildman–Crippen MR) is 105 cm³/mol. The van der Waals surface area contributed by atoms with Crippen LogP contribution in [0.5, 0.6) is 0 Å². The molecule has 1 aromatic carbocycles. The van der Waals surface area contributed by atoms with Crippen molar-refractivity contribution in [1.29, 1.82) is 0 Å². The molecule has 0 unspecified atom stereocenters. The fraction of sp³-hybridized carbons (Fsp3) is 0.400. The quantitative estimate of drug-likeness (QED) is 0.898. The Bertz CT molecular complexity index is 829. The van der Waals surface area contributed by atoms with E-state index < -0.39 is 0 Å². The van der Waals surface area contributed by atoms with Gasteiger partial charge < -0.3 is 15.1 Å². The molecule has 2 amide bonds. The lowest BCUT2D eigenvalue weighted by molar-refractivity contribution is -0.129. The summed E-state index contributed by atoms with van der Waals surface area (Å²) in [5.41, 5.74) is 2.21. The van der Waals surface area contributed by atoms with E-state index in [0.29, 0.717) is 43.7 Å². The summed E-state index contributed by atoms with van der Waals surface area (Å²) in [4.78, 5) is 36.7. The summed E-state index contributed by atoms with van der Waals surface area (Å²) in [7, 11) is 0. The maximum Gasteiger partial charge on any atom is 0.274 e. The summed E-state index contributed by atoms with van der Waals surface area (Å²) >= 11 is 0. The number of hydrogen-bond acceptors (Lipinski definition) is 5. The summed E-state index contributed by atoms with van der Waals surface area (Å²) in [5.74, 6) is 0.643. The molecule has 7 nitrogen and oxygen atoms in total. The van der Waals surface area contributed by atoms with E-state index in [2.05, 4.69) is 29.1 Å². The van der Waals surface area contributed by atoms with Crippen molar-refractivity contribution in [1.82, 2.24) is 14.9 Å². The second kappa shape index (κ2) is 8.16. The summed E-state index contributed by atoms with van der Waals surface area (Å²) in [6.07, 6.45) is 1.60. The Morgan fingerprint density at radius 3 is 2.44 bits per heavy atom. The standard InChI is InChI=1S/C20H25N5O2/c1-14(2)16-6-4-5-7-17(16)22-19(27)18-8-9-21-20(23-18)25-12-10-24(11-13-25)15(3)26/h4-9,14H,10-13H2,1-3H3,(H,22,27). The second-order valence-corrected chi connectivity index (χ2v) is 6.93. The summed E-state index contributed by atoms with van der Waals surface area (Å²) in [5, 5.41) is 2.96. The van der Waals surface area contributed by atoms with E-state index in [0.717, 1.165) is 11.3 Å². The first-order valence-corrected chi connectivity index (χ1v) is 9.19. The van der Waals surface area contributed by atoms with Crippen molar-refractivity contribution in [3.05, 3.63) is 47.8 Å². The van der Waals surface area contributed by atoms with Gasteiger partial charge in [-0.1, -0.05) is 32.0 Å². The number of hydrogen-bond donors (Lipinski definition) is 1. The van der Waals surface area contributed by atoms with Crippen LogP contribution in [0.15, 0.2) is 36.5 Å². The van der Waals surface area contributed by atoms with Gasteiger partial charge in [0.25, 0.3) is 5.91 Å². The zero-order valence-corrected chi connectivity index (χ0v) is 16.0. The van der Waals surface area contributed by atoms with Gasteiger partial charge in [0, 0.05) is 45.0 Å². The van der Waals surface area contributed by atoms with Crippen LogP contribution in [0.4, 0.5) is 11.6 Å². The van der Waals surface area contributed by atoms with E-state index in [9.17, 15) is 9.59 Å². The molecule has 142 valence electrons. The number of amides is 2. The van der Waals surface area contributed by atoms with Crippen molar-refractivity contribution in [3.63, 3.8) is 0 Å². The third-order valence-corrected chi connectivity index (χ3v) is 4.71. The lowest BCUT2D eigenvalue weighted by Gasteiger charge is -2.34. The summed E-state index contributed by atoms with van der Waals surface area (Å²) in [6, 6.07) is 9.40. The molecule has 1 aliphatic heterocycles. The van der Waals surface area contributed by atoms with Crippen LogP contribution in [-0.2, 0) is 4.79 Å². The van der Waals surface area contributed by atoms with E-state index in [1.807, 2.05) is 29.2 Å². The van der Waals surface area contributed by atoms with Crippen molar-refractivity contribution in [2.75, 3.05) is 36.4 Å². The smallest absolute Gasteiger partial charge is 0.274 e. The largest absolute Gasteiger partial charge is 0.339 e. The Morgan fingerprint density at radius 2 is 1.78 bits per heavy atom. The van der Waals surface area contributed by atoms with Gasteiger partial charge in [0.1, 0.15) is 5.69 Å². The fourth-order valence-electron chi connectivity index (χ4n) is 3.15. The SMILES string of the molecule is CC(=O)N1CCN(c2nccc(C(=O)Nc3ccccc3C(C)C)n2)CC1. The number of para-hydroxylation sites is 1. The average Bonchev–Trinajstić information content (AvgIpc) is 2.68. The van der Waals surface area contributed by atoms with Crippen molar-refractivity contribution in [3.8, 4) is 0 Å². The molecule has 0 bridgehead atoms. The highest BCUT2D eigenvalue weighted by molar-refractivity contribution is 6.03. The topological polar surface area (TPSA) is 78.4 Å². The molecule has 0 radical (unpaired) electrons. The highest BCUT2D eigenvalue weighted by Gasteiger charge is 2.21. The Kier molecular flexibility index (Phi) is 5.69. The summed E-state index contributed by atoms with van der Waals surface area (Å²) in [6.45, 7) is 8.34. The van der Waals surface area contributed by atoms with E-state index in [1.165, 1.54) is 0 Å². The van der Waals surface area contributed by atoms with Crippen LogP contribution in [0.1, 0.15) is 42.7 Å². The van der Waals surface area contributed by atoms with Gasteiger partial charge in [-0.15, -0.1) is 0 Å². The predicted octanol–water partition coefficient (Wildman–Crippen LogP) is 2.52. The van der Waals surface area contributed by atoms with Crippen molar-refractivity contribution < 1.29 is 9.59 Å². The monoisotopic (exact) mass is 367 g/mol. The third kappa shape index (κ3) is 4.42. The highest BCUT2D eigenvalue weighted by atomic mass is 16.2. The minimum absolute atomic E-state index is 0.0764. The maximum atomic E-state index is 12.7. The van der Waals surface area contributed by atoms with Crippen molar-refractivity contribution >= 4 is 23.5 Å². The van der Waals surface area contributed by atoms with Crippen molar-refractivity contribution in [2.24, 2.45) is 0 Å². The minimum atomic E-state index is -0.255. The summed E-state index contributed by atoms with van der Waals surface area (Å²) < 4.78 is 0. The number of anilines is 2. The van der Waals surface area contributed by atoms with E-state index >= 15 is 0 Å². The number of nitrogens with zero attached hydrogens (tertiary/aromatic N) is 4. The maximum absolute atomic E-state index is 12.7. The van der Waals surface area contributed by atoms with E-state index in [-0.39, 0.29) is 11.8 Å². The number of aromatic nitrogens is 2. The lowest BCUT2D eigenvalue weighted by Crippen LogP contribution is -2.48. The molecule has 1 fully saturated rings. The van der Waals surface area contributed by atoms with Crippen LogP contribution >= 0.6 is 0 Å². The normalized spacial score (nSPS) is 14.4. The molecular weight excluding hydrogens is 342 g/mol. The van der Waals surface area contributed by atoms with Gasteiger partial charge in [-0.2, -0.15) is 0 Å². The van der Waals surface area contributed by atoms with E-state index in [4.69, 9.17) is 0 Å². The molecule has 0 aliphatic carbocycles. The minimum Gasteiger partial charge on any atom is -0.339 e. The molecule has 0 saturated carbocycles. The van der Waals surface area contributed by atoms with Crippen molar-refractivity contribution in [2.45, 2.75) is 26.7 Å². The molecule has 2 heterocycles. The molecule has 2 aromatic rings.